The van der Waals surface area contributed by atoms with Crippen molar-refractivity contribution >= 4 is 11.7 Å². The molecule has 0 aliphatic rings. The van der Waals surface area contributed by atoms with Crippen LogP contribution in [-0.2, 0) is 11.3 Å². The smallest absolute Gasteiger partial charge is 0.266 e. The number of amides is 1. The molecule has 0 fully saturated rings. The zero-order chi connectivity index (χ0) is 19.9. The van der Waals surface area contributed by atoms with Crippen LogP contribution in [0.2, 0.25) is 0 Å². The fourth-order valence-electron chi connectivity index (χ4n) is 2.96. The molecular weight excluding hydrogens is 352 g/mol. The van der Waals surface area contributed by atoms with Gasteiger partial charge in [-0.3, -0.25) is 9.69 Å². The lowest BCUT2D eigenvalue weighted by atomic mass is 10.1. The van der Waals surface area contributed by atoms with Crippen molar-refractivity contribution in [1.82, 2.24) is 4.98 Å². The van der Waals surface area contributed by atoms with Gasteiger partial charge in [-0.05, 0) is 54.8 Å². The van der Waals surface area contributed by atoms with Gasteiger partial charge < -0.3 is 9.47 Å². The summed E-state index contributed by atoms with van der Waals surface area (Å²) >= 11 is 0. The molecule has 1 amide bonds. The molecule has 1 aromatic heterocycles. The maximum atomic E-state index is 13.0. The molecule has 0 bridgehead atoms. The van der Waals surface area contributed by atoms with Crippen LogP contribution < -0.4 is 14.4 Å². The highest BCUT2D eigenvalue weighted by atomic mass is 16.5. The van der Waals surface area contributed by atoms with E-state index < -0.39 is 0 Å². The number of hydrogen-bond donors (Lipinski definition) is 0. The highest BCUT2D eigenvalue weighted by Crippen LogP contribution is 2.23. The molecule has 5 heteroatoms. The molecule has 1 heterocycles. The highest BCUT2D eigenvalue weighted by Gasteiger charge is 2.19. The third kappa shape index (κ3) is 4.68. The van der Waals surface area contributed by atoms with Crippen molar-refractivity contribution in [2.75, 3.05) is 18.6 Å². The van der Waals surface area contributed by atoms with Gasteiger partial charge in [-0.15, -0.1) is 0 Å². The Hall–Kier alpha value is -3.34. The van der Waals surface area contributed by atoms with Crippen LogP contribution in [0.4, 0.5) is 5.82 Å². The molecule has 0 N–H and O–H groups in total. The molecule has 144 valence electrons. The minimum Gasteiger partial charge on any atom is -0.497 e. The molecule has 0 saturated carbocycles. The van der Waals surface area contributed by atoms with Gasteiger partial charge in [0.15, 0.2) is 6.61 Å². The summed E-state index contributed by atoms with van der Waals surface area (Å²) in [6.07, 6.45) is 1.68. The Kier molecular flexibility index (Phi) is 6.27. The Bertz CT molecular complexity index is 904. The number of anilines is 1. The van der Waals surface area contributed by atoms with E-state index in [1.165, 1.54) is 0 Å². The summed E-state index contributed by atoms with van der Waals surface area (Å²) in [6, 6.07) is 19.1. The van der Waals surface area contributed by atoms with Crippen molar-refractivity contribution < 1.29 is 14.3 Å². The topological polar surface area (TPSA) is 51.7 Å². The van der Waals surface area contributed by atoms with E-state index in [0.717, 1.165) is 28.2 Å². The van der Waals surface area contributed by atoms with E-state index in [9.17, 15) is 4.79 Å². The lowest BCUT2D eigenvalue weighted by molar-refractivity contribution is -0.120. The number of pyridine rings is 1. The summed E-state index contributed by atoms with van der Waals surface area (Å²) in [7, 11) is 1.63. The Balaban J connectivity index is 1.79. The first kappa shape index (κ1) is 19.4. The van der Waals surface area contributed by atoms with Gasteiger partial charge in [-0.2, -0.15) is 0 Å². The summed E-state index contributed by atoms with van der Waals surface area (Å²) in [5, 5.41) is 0. The molecule has 3 aromatic rings. The molecule has 0 aliphatic heterocycles. The van der Waals surface area contributed by atoms with E-state index in [1.807, 2.05) is 74.5 Å². The molecule has 3 rings (SSSR count). The SMILES string of the molecule is COc1ccc(CN(C(=O)COc2c(C)cccc2C)c2ccccn2)cc1. The fourth-order valence-corrected chi connectivity index (χ4v) is 2.96. The number of aromatic nitrogens is 1. The highest BCUT2D eigenvalue weighted by molar-refractivity contribution is 5.93. The number of para-hydroxylation sites is 1. The summed E-state index contributed by atoms with van der Waals surface area (Å²) in [6.45, 7) is 4.29. The molecule has 0 radical (unpaired) electrons. The largest absolute Gasteiger partial charge is 0.497 e. The number of carbonyl (C=O) groups excluding carboxylic acids is 1. The van der Waals surface area contributed by atoms with Crippen molar-refractivity contribution in [2.24, 2.45) is 0 Å². The van der Waals surface area contributed by atoms with E-state index in [4.69, 9.17) is 9.47 Å². The van der Waals surface area contributed by atoms with Gasteiger partial charge >= 0.3 is 0 Å². The van der Waals surface area contributed by atoms with Gasteiger partial charge in [0.2, 0.25) is 0 Å². The van der Waals surface area contributed by atoms with Gasteiger partial charge in [0, 0.05) is 6.20 Å². The van der Waals surface area contributed by atoms with Crippen LogP contribution >= 0.6 is 0 Å². The maximum absolute atomic E-state index is 13.0. The quantitative estimate of drug-likeness (QED) is 0.616. The molecule has 0 atom stereocenters. The summed E-state index contributed by atoms with van der Waals surface area (Å²) in [5.41, 5.74) is 2.99. The number of carbonyl (C=O) groups is 1. The Labute approximate surface area is 165 Å². The van der Waals surface area contributed by atoms with Crippen LogP contribution in [0.25, 0.3) is 0 Å². The van der Waals surface area contributed by atoms with E-state index >= 15 is 0 Å². The molecule has 0 saturated heterocycles. The predicted octanol–water partition coefficient (Wildman–Crippen LogP) is 4.32. The first-order valence-corrected chi connectivity index (χ1v) is 9.12. The first-order valence-electron chi connectivity index (χ1n) is 9.12. The average Bonchev–Trinajstić information content (AvgIpc) is 2.72. The third-order valence-electron chi connectivity index (χ3n) is 4.48. The van der Waals surface area contributed by atoms with E-state index in [1.54, 1.807) is 18.2 Å². The van der Waals surface area contributed by atoms with Gasteiger partial charge in [0.25, 0.3) is 5.91 Å². The van der Waals surface area contributed by atoms with Crippen LogP contribution in [0.3, 0.4) is 0 Å². The van der Waals surface area contributed by atoms with Crippen molar-refractivity contribution in [3.05, 3.63) is 83.6 Å². The minimum atomic E-state index is -0.155. The van der Waals surface area contributed by atoms with Crippen molar-refractivity contribution in [1.29, 1.82) is 0 Å². The monoisotopic (exact) mass is 376 g/mol. The van der Waals surface area contributed by atoms with Gasteiger partial charge in [0.05, 0.1) is 13.7 Å². The number of methoxy groups -OCH3 is 1. The van der Waals surface area contributed by atoms with Crippen LogP contribution in [0.1, 0.15) is 16.7 Å². The van der Waals surface area contributed by atoms with Crippen molar-refractivity contribution in [3.63, 3.8) is 0 Å². The molecular formula is C23H24N2O3. The number of rotatable bonds is 7. The Morgan fingerprint density at radius 2 is 1.68 bits per heavy atom. The van der Waals surface area contributed by atoms with Gasteiger partial charge in [0.1, 0.15) is 17.3 Å². The number of hydrogen-bond acceptors (Lipinski definition) is 4. The van der Waals surface area contributed by atoms with Crippen LogP contribution in [0.5, 0.6) is 11.5 Å². The first-order chi connectivity index (χ1) is 13.6. The number of ether oxygens (including phenoxy) is 2. The van der Waals surface area contributed by atoms with Crippen LogP contribution in [0.15, 0.2) is 66.9 Å². The number of benzene rings is 2. The Morgan fingerprint density at radius 3 is 2.29 bits per heavy atom. The predicted molar refractivity (Wildman–Crippen MR) is 110 cm³/mol. The summed E-state index contributed by atoms with van der Waals surface area (Å²) < 4.78 is 11.1. The Morgan fingerprint density at radius 1 is 0.964 bits per heavy atom. The second-order valence-electron chi connectivity index (χ2n) is 6.53. The standard InChI is InChI=1S/C23H24N2O3/c1-17-7-6-8-18(2)23(17)28-16-22(26)25(21-9-4-5-14-24-21)15-19-10-12-20(27-3)13-11-19/h4-14H,15-16H2,1-3H3. The molecule has 2 aromatic carbocycles. The van der Waals surface area contributed by atoms with Crippen molar-refractivity contribution in [2.45, 2.75) is 20.4 Å². The van der Waals surface area contributed by atoms with Gasteiger partial charge in [-0.25, -0.2) is 4.98 Å². The zero-order valence-electron chi connectivity index (χ0n) is 16.4. The number of aryl methyl sites for hydroxylation is 2. The third-order valence-corrected chi connectivity index (χ3v) is 4.48. The van der Waals surface area contributed by atoms with Crippen LogP contribution in [-0.4, -0.2) is 24.6 Å². The lowest BCUT2D eigenvalue weighted by Crippen LogP contribution is -2.35. The van der Waals surface area contributed by atoms with E-state index in [0.29, 0.717) is 12.4 Å². The minimum absolute atomic E-state index is 0.0571. The lowest BCUT2D eigenvalue weighted by Gasteiger charge is -2.22. The molecule has 0 unspecified atom stereocenters. The molecule has 0 aliphatic carbocycles. The van der Waals surface area contributed by atoms with Gasteiger partial charge in [-0.1, -0.05) is 36.4 Å². The maximum Gasteiger partial charge on any atom is 0.266 e. The molecule has 0 spiro atoms. The second kappa shape index (κ2) is 9.04. The zero-order valence-corrected chi connectivity index (χ0v) is 16.4. The van der Waals surface area contributed by atoms with E-state index in [2.05, 4.69) is 4.98 Å². The molecule has 5 nitrogen and oxygen atoms in total. The summed E-state index contributed by atoms with van der Waals surface area (Å²) in [4.78, 5) is 19.0. The van der Waals surface area contributed by atoms with E-state index in [-0.39, 0.29) is 12.5 Å². The number of nitrogens with zero attached hydrogens (tertiary/aromatic N) is 2. The second-order valence-corrected chi connectivity index (χ2v) is 6.53. The normalized spacial score (nSPS) is 10.4. The van der Waals surface area contributed by atoms with Crippen LogP contribution in [0, 0.1) is 13.8 Å². The molecule has 28 heavy (non-hydrogen) atoms. The van der Waals surface area contributed by atoms with Crippen molar-refractivity contribution in [3.8, 4) is 11.5 Å². The fraction of sp³-hybridized carbons (Fsp3) is 0.217. The summed E-state index contributed by atoms with van der Waals surface area (Å²) in [5.74, 6) is 1.96. The average molecular weight is 376 g/mol.